The average Bonchev–Trinajstić information content (AvgIpc) is 3.27. The van der Waals surface area contributed by atoms with Crippen molar-refractivity contribution in [2.75, 3.05) is 21.1 Å². The summed E-state index contributed by atoms with van der Waals surface area (Å²) in [5.74, 6) is 39.4. The van der Waals surface area contributed by atoms with Gasteiger partial charge in [-0.15, -0.1) is 0 Å². The summed E-state index contributed by atoms with van der Waals surface area (Å²) in [7, 11) is 7.86. The first kappa shape index (κ1) is 37.8. The number of quaternary nitrogens is 1. The van der Waals surface area contributed by atoms with E-state index in [4.69, 9.17) is 0 Å². The van der Waals surface area contributed by atoms with Crippen molar-refractivity contribution in [2.24, 2.45) is 201 Å². The molecule has 0 aliphatic heterocycles. The Kier molecular flexibility index (Phi) is 7.37. The molecule has 63 heavy (non-hydrogen) atoms. The molecule has 0 aromatic heterocycles. The fourth-order valence-corrected chi connectivity index (χ4v) is 30.9. The number of nitrogens with zero attached hydrogens (tertiary/aromatic N) is 1. The van der Waals surface area contributed by atoms with Gasteiger partial charge in [0.05, 0.1) is 26.7 Å². The largest absolute Gasteiger partial charge is 0.326 e. The van der Waals surface area contributed by atoms with Crippen LogP contribution in [0.2, 0.25) is 0 Å². The zero-order valence-corrected chi connectivity index (χ0v) is 40.8. The third kappa shape index (κ3) is 4.40. The maximum atomic E-state index is 2.83. The van der Waals surface area contributed by atoms with Crippen LogP contribution in [0.25, 0.3) is 0 Å². The Hall–Kier alpha value is -0.0400. The van der Waals surface area contributed by atoms with Crippen LogP contribution < -0.4 is 0 Å². The van der Waals surface area contributed by atoms with E-state index in [2.05, 4.69) is 28.1 Å². The quantitative estimate of drug-likeness (QED) is 0.231. The van der Waals surface area contributed by atoms with Crippen molar-refractivity contribution in [3.63, 3.8) is 0 Å². The first-order valence-electron chi connectivity index (χ1n) is 30.5. The molecule has 18 aliphatic carbocycles. The van der Waals surface area contributed by atoms with Crippen molar-refractivity contribution in [3.8, 4) is 0 Å². The summed E-state index contributed by atoms with van der Waals surface area (Å²) in [5, 5.41) is 0. The van der Waals surface area contributed by atoms with Gasteiger partial charge in [0.15, 0.2) is 0 Å². The minimum Gasteiger partial charge on any atom is -0.326 e. The molecule has 18 rings (SSSR count). The topological polar surface area (TPSA) is 0 Å². The molecule has 0 saturated heterocycles. The molecule has 0 amide bonds. The van der Waals surface area contributed by atoms with Gasteiger partial charge < -0.3 is 4.48 Å². The molecular formula is C62H92N+. The second-order valence-corrected chi connectivity index (χ2v) is 32.1. The Labute approximate surface area is 385 Å². The van der Waals surface area contributed by atoms with Gasteiger partial charge in [0.2, 0.25) is 0 Å². The van der Waals surface area contributed by atoms with Crippen molar-refractivity contribution < 1.29 is 4.48 Å². The molecule has 18 saturated carbocycles. The van der Waals surface area contributed by atoms with Crippen molar-refractivity contribution in [2.45, 2.75) is 160 Å². The van der Waals surface area contributed by atoms with Gasteiger partial charge in [0.1, 0.15) is 0 Å². The van der Waals surface area contributed by atoms with Gasteiger partial charge in [-0.25, -0.2) is 0 Å². The van der Waals surface area contributed by atoms with Crippen LogP contribution in [0.3, 0.4) is 0 Å². The van der Waals surface area contributed by atoms with Crippen LogP contribution in [-0.2, 0) is 0 Å². The molecule has 344 valence electrons. The molecule has 0 spiro atoms. The lowest BCUT2D eigenvalue weighted by Gasteiger charge is -2.77. The van der Waals surface area contributed by atoms with Gasteiger partial charge in [-0.05, 0) is 324 Å². The zero-order chi connectivity index (χ0) is 40.9. The van der Waals surface area contributed by atoms with Crippen LogP contribution >= 0.6 is 0 Å². The van der Waals surface area contributed by atoms with Crippen LogP contribution in [0.4, 0.5) is 0 Å². The van der Waals surface area contributed by atoms with Crippen LogP contribution in [-0.4, -0.2) is 31.2 Å². The van der Waals surface area contributed by atoms with Crippen LogP contribution in [0, 0.1) is 201 Å². The van der Waals surface area contributed by atoms with Crippen molar-refractivity contribution in [3.05, 3.63) is 0 Å². The molecule has 35 atom stereocenters. The normalized spacial score (nSPS) is 71.0. The second-order valence-electron chi connectivity index (χ2n) is 32.1. The predicted molar refractivity (Wildman–Crippen MR) is 251 cm³/mol. The highest BCUT2D eigenvalue weighted by Gasteiger charge is 2.76. The Morgan fingerprint density at radius 3 is 0.873 bits per heavy atom. The standard InChI is InChI=1S/C62H92N/c1-62(63(2,3)4)13-12-29-9-11-32-16-35-19-38-22-40-23-39-20-36-17-33-14-30-7-5-6-28-8-10-31-15-34-18-37-21-41-24-42-25-43-26-44-27-45(62)47(29)49(32)61(44)52(35)60(43)55(38)59(42)58(40)57(41)56(39)54(37)53(36)51(34)50(33)48(31)46(28)30/h28-61H,5-27H2,1-4H3/q+1. The Bertz CT molecular complexity index is 1940. The summed E-state index contributed by atoms with van der Waals surface area (Å²) in [6, 6.07) is 0. The molecule has 0 radical (unpaired) electrons. The summed E-state index contributed by atoms with van der Waals surface area (Å²) in [4.78, 5) is 0. The monoisotopic (exact) mass is 851 g/mol. The van der Waals surface area contributed by atoms with E-state index in [1.807, 2.05) is 0 Å². The second kappa shape index (κ2) is 12.3. The van der Waals surface area contributed by atoms with E-state index in [0.29, 0.717) is 5.54 Å². The molecule has 18 fully saturated rings. The maximum absolute atomic E-state index is 2.83. The summed E-state index contributed by atoms with van der Waals surface area (Å²) in [6.45, 7) is 2.83. The molecule has 0 N–H and O–H groups in total. The molecule has 0 aromatic rings. The Balaban J connectivity index is 0.712. The first-order chi connectivity index (χ1) is 30.7. The molecular weight excluding hydrogens is 759 g/mol. The third-order valence-electron chi connectivity index (χ3n) is 31.1. The maximum Gasteiger partial charge on any atom is 0.0989 e. The highest BCUT2D eigenvalue weighted by molar-refractivity contribution is 5.23. The molecule has 0 bridgehead atoms. The lowest BCUT2D eigenvalue weighted by atomic mass is 9.27. The van der Waals surface area contributed by atoms with Gasteiger partial charge in [-0.3, -0.25) is 0 Å². The van der Waals surface area contributed by atoms with Crippen molar-refractivity contribution in [1.82, 2.24) is 0 Å². The third-order valence-corrected chi connectivity index (χ3v) is 31.1. The Morgan fingerprint density at radius 1 is 0.254 bits per heavy atom. The van der Waals surface area contributed by atoms with E-state index in [1.165, 1.54) is 87.8 Å². The number of hydrogen-bond acceptors (Lipinski definition) is 0. The molecule has 18 aliphatic rings. The van der Waals surface area contributed by atoms with E-state index >= 15 is 0 Å². The molecule has 0 aromatic carbocycles. The molecule has 0 heterocycles. The van der Waals surface area contributed by atoms with E-state index in [1.54, 1.807) is 141 Å². The van der Waals surface area contributed by atoms with Crippen LogP contribution in [0.1, 0.15) is 155 Å². The summed E-state index contributed by atoms with van der Waals surface area (Å²) in [5.41, 5.74) is 0.497. The SMILES string of the molecule is CC1([N+](C)(C)C)CCC2CCC3CC4CC5CC6CC7CC8CC9CC%10CCCC%11CCC%12CC%13CC%14CC%15CC%16CC%17CC%18CC1C2C3C%18C4C%17C5C%16C6C%15C7C%14C8C%13C9C%12C%11%10. The van der Waals surface area contributed by atoms with Crippen molar-refractivity contribution >= 4 is 0 Å². The van der Waals surface area contributed by atoms with Gasteiger partial charge in [-0.2, -0.15) is 0 Å². The lowest BCUT2D eigenvalue weighted by Crippen LogP contribution is -2.73. The number of hydrogen-bond donors (Lipinski definition) is 0. The van der Waals surface area contributed by atoms with Crippen LogP contribution in [0.15, 0.2) is 0 Å². The van der Waals surface area contributed by atoms with Crippen LogP contribution in [0.5, 0.6) is 0 Å². The molecule has 1 nitrogen and oxygen atoms in total. The zero-order valence-electron chi connectivity index (χ0n) is 40.8. The number of rotatable bonds is 1. The van der Waals surface area contributed by atoms with E-state index in [0.717, 1.165) is 124 Å². The first-order valence-corrected chi connectivity index (χ1v) is 30.5. The highest BCUT2D eigenvalue weighted by Crippen LogP contribution is 2.81. The smallest absolute Gasteiger partial charge is 0.0989 e. The van der Waals surface area contributed by atoms with Crippen molar-refractivity contribution in [1.29, 1.82) is 0 Å². The van der Waals surface area contributed by atoms with Gasteiger partial charge in [0.25, 0.3) is 0 Å². The van der Waals surface area contributed by atoms with E-state index in [9.17, 15) is 0 Å². The lowest BCUT2D eigenvalue weighted by molar-refractivity contribution is -0.929. The van der Waals surface area contributed by atoms with Gasteiger partial charge in [-0.1, -0.05) is 19.3 Å². The fourth-order valence-electron chi connectivity index (χ4n) is 30.9. The Morgan fingerprint density at radius 2 is 0.508 bits per heavy atom. The summed E-state index contributed by atoms with van der Waals surface area (Å²) in [6.07, 6.45) is 38.8. The van der Waals surface area contributed by atoms with Gasteiger partial charge in [0, 0.05) is 12.3 Å². The van der Waals surface area contributed by atoms with E-state index in [-0.39, 0.29) is 0 Å². The summed E-state index contributed by atoms with van der Waals surface area (Å²) < 4.78 is 1.22. The van der Waals surface area contributed by atoms with E-state index < -0.39 is 0 Å². The predicted octanol–water partition coefficient (Wildman–Crippen LogP) is 13.6. The minimum atomic E-state index is 0.497. The fraction of sp³-hybridized carbons (Fsp3) is 1.00. The molecule has 1 heteroatoms. The molecule has 35 unspecified atom stereocenters. The summed E-state index contributed by atoms with van der Waals surface area (Å²) >= 11 is 0. The highest BCUT2D eigenvalue weighted by atomic mass is 15.3. The van der Waals surface area contributed by atoms with Gasteiger partial charge >= 0.3 is 0 Å². The average molecular weight is 851 g/mol. The minimum absolute atomic E-state index is 0.497.